The van der Waals surface area contributed by atoms with Crippen LogP contribution in [-0.4, -0.2) is 11.9 Å². The molecule has 0 spiro atoms. The first kappa shape index (κ1) is 19.2. The molecule has 0 atom stereocenters. The van der Waals surface area contributed by atoms with Crippen molar-refractivity contribution < 1.29 is 57.4 Å². The number of amides is 1. The Hall–Kier alpha value is -1.83. The topological polar surface area (TPSA) is 69.2 Å². The van der Waals surface area contributed by atoms with E-state index in [1.54, 1.807) is 0 Å². The largest absolute Gasteiger partial charge is 1.00 e. The first-order valence-corrected chi connectivity index (χ1v) is 6.08. The van der Waals surface area contributed by atoms with Crippen molar-refractivity contribution in [2.75, 3.05) is 5.32 Å². The van der Waals surface area contributed by atoms with E-state index in [1.807, 2.05) is 0 Å². The molecule has 8 heteroatoms. The number of hydrogen-bond acceptors (Lipinski definition) is 3. The predicted octanol–water partition coefficient (Wildman–Crippen LogP) is -0.675. The summed E-state index contributed by atoms with van der Waals surface area (Å²) in [5, 5.41) is 13.2. The van der Waals surface area contributed by atoms with Gasteiger partial charge in [0.1, 0.15) is 0 Å². The third-order valence-corrected chi connectivity index (χ3v) is 2.84. The summed E-state index contributed by atoms with van der Waals surface area (Å²) in [4.78, 5) is 22.9. The van der Waals surface area contributed by atoms with Gasteiger partial charge in [0.05, 0.1) is 11.5 Å². The molecule has 0 saturated heterocycles. The fraction of sp³-hybridized carbons (Fsp3) is 0.0667. The van der Waals surface area contributed by atoms with E-state index in [0.717, 1.165) is 18.2 Å². The van der Waals surface area contributed by atoms with Gasteiger partial charge >= 0.3 is 35.7 Å². The first-order chi connectivity index (χ1) is 10.3. The number of carboxylic acids is 1. The molecule has 1 amide bonds. The van der Waals surface area contributed by atoms with Crippen LogP contribution in [0.1, 0.15) is 26.3 Å². The number of carbonyl (C=O) groups excluding carboxylic acids is 2. The minimum absolute atomic E-state index is 0. The number of benzene rings is 2. The second-order valence-electron chi connectivity index (χ2n) is 4.37. The maximum Gasteiger partial charge on any atom is 1.00 e. The molecular weight excluding hydrogens is 322 g/mol. The summed E-state index contributed by atoms with van der Waals surface area (Å²) in [6, 6.07) is 9.31. The van der Waals surface area contributed by atoms with Crippen molar-refractivity contribution in [3.05, 3.63) is 65.2 Å². The Morgan fingerprint density at radius 1 is 0.957 bits per heavy atom. The number of hydrogen-bond donors (Lipinski definition) is 1. The molecule has 0 bridgehead atoms. The summed E-state index contributed by atoms with van der Waals surface area (Å²) in [5.41, 5.74) is -1.54. The van der Waals surface area contributed by atoms with Crippen LogP contribution in [0.4, 0.5) is 18.9 Å². The molecule has 23 heavy (non-hydrogen) atoms. The first-order valence-electron chi connectivity index (χ1n) is 6.08. The standard InChI is InChI=1S/C15H10F3NO3.Na/c16-15(17,18)9-4-3-5-10(8-9)19-13(20)11-6-1-2-7-12(11)14(21)22;/h1-8H,(H,19,20)(H,21,22);/q;+1/p-1. The summed E-state index contributed by atoms with van der Waals surface area (Å²) in [6.45, 7) is 0. The van der Waals surface area contributed by atoms with Crippen LogP contribution in [0.25, 0.3) is 0 Å². The van der Waals surface area contributed by atoms with Crippen molar-refractivity contribution in [1.82, 2.24) is 0 Å². The Labute approximate surface area is 151 Å². The number of rotatable bonds is 3. The van der Waals surface area contributed by atoms with Gasteiger partial charge in [0.25, 0.3) is 5.91 Å². The molecular formula is C15H9F3NNaO3. The van der Waals surface area contributed by atoms with Crippen LogP contribution >= 0.6 is 0 Å². The van der Waals surface area contributed by atoms with Gasteiger partial charge in [-0.3, -0.25) is 4.79 Å². The van der Waals surface area contributed by atoms with Crippen molar-refractivity contribution in [3.8, 4) is 0 Å². The maximum absolute atomic E-state index is 12.6. The van der Waals surface area contributed by atoms with E-state index in [1.165, 1.54) is 30.3 Å². The van der Waals surface area contributed by atoms with E-state index in [0.29, 0.717) is 0 Å². The van der Waals surface area contributed by atoms with Gasteiger partial charge in [-0.2, -0.15) is 13.2 Å². The average Bonchev–Trinajstić information content (AvgIpc) is 2.46. The number of carboxylic acid groups (broad SMARTS) is 1. The number of halogens is 3. The Kier molecular flexibility index (Phi) is 6.37. The summed E-state index contributed by atoms with van der Waals surface area (Å²) >= 11 is 0. The van der Waals surface area contributed by atoms with Crippen molar-refractivity contribution in [1.29, 1.82) is 0 Å². The zero-order valence-corrected chi connectivity index (χ0v) is 14.0. The van der Waals surface area contributed by atoms with Gasteiger partial charge in [-0.25, -0.2) is 0 Å². The molecule has 4 nitrogen and oxygen atoms in total. The van der Waals surface area contributed by atoms with Gasteiger partial charge < -0.3 is 15.2 Å². The molecule has 0 heterocycles. The normalized spacial score (nSPS) is 10.6. The molecule has 2 aromatic carbocycles. The minimum atomic E-state index is -4.54. The number of nitrogens with one attached hydrogen (secondary N) is 1. The molecule has 1 N–H and O–H groups in total. The summed E-state index contributed by atoms with van der Waals surface area (Å²) in [5.74, 6) is -2.38. The fourth-order valence-corrected chi connectivity index (χ4v) is 1.83. The second-order valence-corrected chi connectivity index (χ2v) is 4.37. The zero-order chi connectivity index (χ0) is 16.3. The SMILES string of the molecule is O=C([O-])c1ccccc1C(=O)Nc1cccc(C(F)(F)F)c1.[Na+]. The van der Waals surface area contributed by atoms with Gasteiger partial charge in [0.2, 0.25) is 0 Å². The van der Waals surface area contributed by atoms with Gasteiger partial charge in [-0.1, -0.05) is 24.3 Å². The van der Waals surface area contributed by atoms with E-state index in [4.69, 9.17) is 0 Å². The van der Waals surface area contributed by atoms with E-state index in [-0.39, 0.29) is 46.4 Å². The number of alkyl halides is 3. The van der Waals surface area contributed by atoms with Crippen LogP contribution in [0.2, 0.25) is 0 Å². The zero-order valence-electron chi connectivity index (χ0n) is 12.0. The maximum atomic E-state index is 12.6. The molecule has 0 aliphatic carbocycles. The average molecular weight is 331 g/mol. The second kappa shape index (κ2) is 7.63. The van der Waals surface area contributed by atoms with Crippen LogP contribution < -0.4 is 40.0 Å². The van der Waals surface area contributed by atoms with E-state index >= 15 is 0 Å². The molecule has 0 aromatic heterocycles. The van der Waals surface area contributed by atoms with Gasteiger partial charge in [0.15, 0.2) is 0 Å². The Balaban J connectivity index is 0.00000264. The summed E-state index contributed by atoms with van der Waals surface area (Å²) in [7, 11) is 0. The third kappa shape index (κ3) is 4.82. The molecule has 114 valence electrons. The smallest absolute Gasteiger partial charge is 0.545 e. The Morgan fingerprint density at radius 3 is 2.13 bits per heavy atom. The van der Waals surface area contributed by atoms with Gasteiger partial charge in [0, 0.05) is 16.8 Å². The molecule has 2 aromatic rings. The summed E-state index contributed by atoms with van der Waals surface area (Å²) in [6.07, 6.45) is -4.54. The minimum Gasteiger partial charge on any atom is -0.545 e. The monoisotopic (exact) mass is 331 g/mol. The third-order valence-electron chi connectivity index (χ3n) is 2.84. The van der Waals surface area contributed by atoms with E-state index < -0.39 is 23.6 Å². The van der Waals surface area contributed by atoms with Crippen molar-refractivity contribution >= 4 is 17.6 Å². The van der Waals surface area contributed by atoms with Crippen LogP contribution in [0.3, 0.4) is 0 Å². The van der Waals surface area contributed by atoms with Gasteiger partial charge in [-0.05, 0) is 24.3 Å². The number of carbonyl (C=O) groups is 2. The molecule has 0 saturated carbocycles. The van der Waals surface area contributed by atoms with Crippen molar-refractivity contribution in [3.63, 3.8) is 0 Å². The van der Waals surface area contributed by atoms with Crippen molar-refractivity contribution in [2.24, 2.45) is 0 Å². The number of anilines is 1. The molecule has 0 fully saturated rings. The van der Waals surface area contributed by atoms with Crippen LogP contribution in [0, 0.1) is 0 Å². The fourth-order valence-electron chi connectivity index (χ4n) is 1.83. The Morgan fingerprint density at radius 2 is 1.57 bits per heavy atom. The molecule has 0 radical (unpaired) electrons. The number of aromatic carboxylic acids is 1. The van der Waals surface area contributed by atoms with Crippen molar-refractivity contribution in [2.45, 2.75) is 6.18 Å². The predicted molar refractivity (Wildman–Crippen MR) is 70.2 cm³/mol. The van der Waals surface area contributed by atoms with Crippen LogP contribution in [0.15, 0.2) is 48.5 Å². The van der Waals surface area contributed by atoms with Gasteiger partial charge in [-0.15, -0.1) is 0 Å². The Bertz CT molecular complexity index is 732. The van der Waals surface area contributed by atoms with Crippen LogP contribution in [0.5, 0.6) is 0 Å². The summed E-state index contributed by atoms with van der Waals surface area (Å²) < 4.78 is 37.8. The van der Waals surface area contributed by atoms with E-state index in [2.05, 4.69) is 5.32 Å². The molecule has 2 rings (SSSR count). The molecule has 0 aliphatic rings. The molecule has 0 unspecified atom stereocenters. The van der Waals surface area contributed by atoms with E-state index in [9.17, 15) is 27.9 Å². The van der Waals surface area contributed by atoms with Crippen LogP contribution in [-0.2, 0) is 6.18 Å². The quantitative estimate of drug-likeness (QED) is 0.758. The molecule has 0 aliphatic heterocycles.